The number of nitrogens with zero attached hydrogens (tertiary/aromatic N) is 3. The van der Waals surface area contributed by atoms with Gasteiger partial charge in [0.05, 0.1) is 6.04 Å². The van der Waals surface area contributed by atoms with Gasteiger partial charge in [-0.25, -0.2) is 14.6 Å². The summed E-state index contributed by atoms with van der Waals surface area (Å²) < 4.78 is 11.1. The summed E-state index contributed by atoms with van der Waals surface area (Å²) in [4.78, 5) is 33.4. The molecule has 0 bridgehead atoms. The van der Waals surface area contributed by atoms with Crippen molar-refractivity contribution in [3.05, 3.63) is 59.8 Å². The van der Waals surface area contributed by atoms with Crippen molar-refractivity contribution in [2.75, 3.05) is 11.4 Å². The van der Waals surface area contributed by atoms with Crippen LogP contribution in [0, 0.1) is 0 Å². The van der Waals surface area contributed by atoms with Gasteiger partial charge in [0.1, 0.15) is 18.0 Å². The van der Waals surface area contributed by atoms with E-state index in [0.717, 1.165) is 36.8 Å². The highest BCUT2D eigenvalue weighted by atomic mass is 16.6. The lowest BCUT2D eigenvalue weighted by atomic mass is 10.1. The second kappa shape index (κ2) is 9.18. The number of aromatic nitrogens is 1. The van der Waals surface area contributed by atoms with Gasteiger partial charge < -0.3 is 14.4 Å². The fourth-order valence-electron chi connectivity index (χ4n) is 3.94. The van der Waals surface area contributed by atoms with E-state index in [0.29, 0.717) is 12.4 Å². The number of amides is 2. The largest absolute Gasteiger partial charge is 0.445 e. The molecule has 2 fully saturated rings. The van der Waals surface area contributed by atoms with Crippen molar-refractivity contribution in [2.24, 2.45) is 0 Å². The van der Waals surface area contributed by atoms with Gasteiger partial charge in [0.25, 0.3) is 0 Å². The lowest BCUT2D eigenvalue weighted by molar-refractivity contribution is 0.0576. The Morgan fingerprint density at radius 1 is 1.09 bits per heavy atom. The van der Waals surface area contributed by atoms with E-state index in [4.69, 9.17) is 9.47 Å². The van der Waals surface area contributed by atoms with Crippen molar-refractivity contribution in [3.63, 3.8) is 0 Å². The first-order valence-corrected chi connectivity index (χ1v) is 11.3. The summed E-state index contributed by atoms with van der Waals surface area (Å²) in [7, 11) is 0. The molecule has 1 atom stereocenters. The number of pyridine rings is 1. The maximum absolute atomic E-state index is 12.7. The smallest absolute Gasteiger partial charge is 0.416 e. The first kappa shape index (κ1) is 22.1. The summed E-state index contributed by atoms with van der Waals surface area (Å²) in [6.45, 7) is 6.49. The molecule has 1 saturated heterocycles. The molecule has 170 valence electrons. The molecule has 2 heterocycles. The van der Waals surface area contributed by atoms with Crippen molar-refractivity contribution < 1.29 is 19.1 Å². The van der Waals surface area contributed by atoms with E-state index in [1.54, 1.807) is 16.0 Å². The molecular formula is C25H31N3O4. The Balaban J connectivity index is 1.43. The van der Waals surface area contributed by atoms with Gasteiger partial charge in [0, 0.05) is 18.8 Å². The number of anilines is 1. The van der Waals surface area contributed by atoms with Crippen molar-refractivity contribution in [1.29, 1.82) is 0 Å². The summed E-state index contributed by atoms with van der Waals surface area (Å²) in [6, 6.07) is 13.5. The van der Waals surface area contributed by atoms with Crippen LogP contribution in [0.3, 0.4) is 0 Å². The van der Waals surface area contributed by atoms with E-state index < -0.39 is 5.60 Å². The lowest BCUT2D eigenvalue weighted by Crippen LogP contribution is -2.38. The van der Waals surface area contributed by atoms with Crippen LogP contribution in [-0.2, 0) is 16.1 Å². The molecule has 7 heteroatoms. The molecule has 0 unspecified atom stereocenters. The van der Waals surface area contributed by atoms with Crippen molar-refractivity contribution in [2.45, 2.75) is 70.7 Å². The van der Waals surface area contributed by atoms with E-state index >= 15 is 0 Å². The minimum absolute atomic E-state index is 0.0734. The maximum Gasteiger partial charge on any atom is 0.416 e. The summed E-state index contributed by atoms with van der Waals surface area (Å²) in [5.74, 6) is 0.585. The molecule has 1 aromatic carbocycles. The van der Waals surface area contributed by atoms with Gasteiger partial charge in [-0.05, 0) is 63.6 Å². The van der Waals surface area contributed by atoms with Crippen molar-refractivity contribution >= 4 is 18.0 Å². The number of benzene rings is 1. The molecule has 2 amide bonds. The molecule has 32 heavy (non-hydrogen) atoms. The van der Waals surface area contributed by atoms with E-state index in [9.17, 15) is 9.59 Å². The number of ether oxygens (including phenoxy) is 2. The number of rotatable bonds is 5. The highest BCUT2D eigenvalue weighted by molar-refractivity contribution is 5.88. The summed E-state index contributed by atoms with van der Waals surface area (Å²) in [6.07, 6.45) is 4.76. The molecule has 0 N–H and O–H groups in total. The fourth-order valence-corrected chi connectivity index (χ4v) is 3.94. The summed E-state index contributed by atoms with van der Waals surface area (Å²) in [5, 5.41) is 0. The topological polar surface area (TPSA) is 72.0 Å². The van der Waals surface area contributed by atoms with Crippen LogP contribution in [-0.4, -0.2) is 40.3 Å². The lowest BCUT2D eigenvalue weighted by Gasteiger charge is -2.27. The van der Waals surface area contributed by atoms with Crippen molar-refractivity contribution in [3.8, 4) is 0 Å². The van der Waals surface area contributed by atoms with Gasteiger partial charge >= 0.3 is 12.2 Å². The normalized spacial score (nSPS) is 18.3. The van der Waals surface area contributed by atoms with Crippen LogP contribution in [0.4, 0.5) is 15.4 Å². The molecular weight excluding hydrogens is 406 g/mol. The minimum Gasteiger partial charge on any atom is -0.445 e. The first-order chi connectivity index (χ1) is 15.3. The molecule has 0 radical (unpaired) electrons. The number of likely N-dealkylation sites (tertiary alicyclic amines) is 1. The van der Waals surface area contributed by atoms with Crippen LogP contribution in [0.2, 0.25) is 0 Å². The molecule has 1 aromatic heterocycles. The molecule has 1 aliphatic carbocycles. The van der Waals surface area contributed by atoms with Crippen LogP contribution in [0.25, 0.3) is 0 Å². The SMILES string of the molecule is CC(C)(C)OC(=O)N(c1ccc([C@H]2CCCN2C(=O)OCc2ccccc2)cn1)C1CC1. The Bertz CT molecular complexity index is 936. The van der Waals surface area contributed by atoms with E-state index in [1.807, 2.05) is 63.2 Å². The zero-order valence-electron chi connectivity index (χ0n) is 19.0. The summed E-state index contributed by atoms with van der Waals surface area (Å²) >= 11 is 0. The van der Waals surface area contributed by atoms with Crippen LogP contribution in [0.15, 0.2) is 48.7 Å². The quantitative estimate of drug-likeness (QED) is 0.621. The molecule has 4 rings (SSSR count). The second-order valence-electron chi connectivity index (χ2n) is 9.42. The third-order valence-corrected chi connectivity index (χ3v) is 5.60. The molecule has 2 aromatic rings. The molecule has 1 saturated carbocycles. The van der Waals surface area contributed by atoms with Crippen LogP contribution < -0.4 is 4.90 Å². The van der Waals surface area contributed by atoms with Crippen LogP contribution >= 0.6 is 0 Å². The Morgan fingerprint density at radius 2 is 1.84 bits per heavy atom. The second-order valence-corrected chi connectivity index (χ2v) is 9.42. The Labute approximate surface area is 189 Å². The van der Waals surface area contributed by atoms with Gasteiger partial charge in [-0.15, -0.1) is 0 Å². The van der Waals surface area contributed by atoms with Crippen LogP contribution in [0.1, 0.15) is 63.6 Å². The highest BCUT2D eigenvalue weighted by Crippen LogP contribution is 2.35. The number of carbonyl (C=O) groups is 2. The van der Waals surface area contributed by atoms with E-state index in [2.05, 4.69) is 4.98 Å². The Kier molecular flexibility index (Phi) is 6.35. The van der Waals surface area contributed by atoms with Gasteiger partial charge in [-0.1, -0.05) is 36.4 Å². The number of hydrogen-bond donors (Lipinski definition) is 0. The van der Waals surface area contributed by atoms with E-state index in [-0.39, 0.29) is 30.9 Å². The van der Waals surface area contributed by atoms with Gasteiger partial charge in [0.2, 0.25) is 0 Å². The highest BCUT2D eigenvalue weighted by Gasteiger charge is 2.37. The first-order valence-electron chi connectivity index (χ1n) is 11.3. The predicted molar refractivity (Wildman–Crippen MR) is 121 cm³/mol. The van der Waals surface area contributed by atoms with Crippen LogP contribution in [0.5, 0.6) is 0 Å². The zero-order valence-corrected chi connectivity index (χ0v) is 19.0. The third-order valence-electron chi connectivity index (χ3n) is 5.60. The Hall–Kier alpha value is -3.09. The number of hydrogen-bond acceptors (Lipinski definition) is 5. The van der Waals surface area contributed by atoms with Crippen molar-refractivity contribution in [1.82, 2.24) is 9.88 Å². The third kappa shape index (κ3) is 5.39. The molecule has 7 nitrogen and oxygen atoms in total. The van der Waals surface area contributed by atoms with Gasteiger partial charge in [-0.3, -0.25) is 4.90 Å². The summed E-state index contributed by atoms with van der Waals surface area (Å²) in [5.41, 5.74) is 1.35. The minimum atomic E-state index is -0.561. The standard InChI is InChI=1S/C25H31N3O4/c1-25(2,3)32-24(30)28(20-12-13-20)22-14-11-19(16-26-22)21-10-7-15-27(21)23(29)31-17-18-8-5-4-6-9-18/h4-6,8-9,11,14,16,20-21H,7,10,12-13,15,17H2,1-3H3/t21-/m1/s1. The molecule has 1 aliphatic heterocycles. The fraction of sp³-hybridized carbons (Fsp3) is 0.480. The average molecular weight is 438 g/mol. The Morgan fingerprint density at radius 3 is 2.47 bits per heavy atom. The molecule has 2 aliphatic rings. The zero-order chi connectivity index (χ0) is 22.7. The monoisotopic (exact) mass is 437 g/mol. The van der Waals surface area contributed by atoms with Gasteiger partial charge in [-0.2, -0.15) is 0 Å². The number of carbonyl (C=O) groups excluding carboxylic acids is 2. The van der Waals surface area contributed by atoms with Gasteiger partial charge in [0.15, 0.2) is 0 Å². The predicted octanol–water partition coefficient (Wildman–Crippen LogP) is 5.46. The molecule has 0 spiro atoms. The average Bonchev–Trinajstić information content (AvgIpc) is 3.46. The maximum atomic E-state index is 12.7. The van der Waals surface area contributed by atoms with E-state index in [1.165, 1.54) is 0 Å².